The number of rotatable bonds is 9. The first-order valence-corrected chi connectivity index (χ1v) is 20.2. The molecule has 0 radical (unpaired) electrons. The van der Waals surface area contributed by atoms with Crippen molar-refractivity contribution < 1.29 is 84.5 Å². The topological polar surface area (TPSA) is 220 Å². The number of aliphatic hydroxyl groups is 2. The number of carbonyl (C=O) groups is 4. The number of pyridine rings is 1. The molecule has 0 unspecified atom stereocenters. The largest absolute Gasteiger partial charge is 1.00 e. The van der Waals surface area contributed by atoms with Gasteiger partial charge in [-0.15, -0.1) is 0 Å². The number of carboxylic acid groups (broad SMARTS) is 2. The molecule has 3 aromatic rings. The predicted molar refractivity (Wildman–Crippen MR) is 212 cm³/mol. The third-order valence-electron chi connectivity index (χ3n) is 13.8. The van der Waals surface area contributed by atoms with Crippen molar-refractivity contribution in [1.82, 2.24) is 4.57 Å². The minimum atomic E-state index is -1.39. The summed E-state index contributed by atoms with van der Waals surface area (Å²) in [6, 6.07) is 3.25. The number of nitrogens with zero attached hydrogens (tertiary/aromatic N) is 1. The van der Waals surface area contributed by atoms with Gasteiger partial charge < -0.3 is 40.3 Å². The number of hydrogen-bond donors (Lipinski definition) is 4. The van der Waals surface area contributed by atoms with E-state index in [4.69, 9.17) is 13.9 Å². The summed E-state index contributed by atoms with van der Waals surface area (Å²) in [6.07, 6.45) is 9.31. The number of aromatic nitrogens is 1. The minimum absolute atomic E-state index is 0. The Morgan fingerprint density at radius 2 is 1.69 bits per heavy atom. The van der Waals surface area contributed by atoms with Crippen LogP contribution in [-0.2, 0) is 32.0 Å². The van der Waals surface area contributed by atoms with E-state index < -0.39 is 64.7 Å². The Morgan fingerprint density at radius 3 is 2.32 bits per heavy atom. The number of Topliss-reactive ketones (excluding diaryl/α,β-unsaturated/α-hetero) is 1. The first kappa shape index (κ1) is 44.8. The number of ketones is 2. The Kier molecular flexibility index (Phi) is 12.6. The Morgan fingerprint density at radius 1 is 0.983 bits per heavy atom. The molecule has 0 spiro atoms. The second-order valence-electron chi connectivity index (χ2n) is 16.8. The number of benzene rings is 1. The van der Waals surface area contributed by atoms with E-state index in [2.05, 4.69) is 20.8 Å². The number of ether oxygens (including phenoxy) is 2. The van der Waals surface area contributed by atoms with Gasteiger partial charge in [0.25, 0.3) is 0 Å². The molecule has 8 rings (SSSR count). The summed E-state index contributed by atoms with van der Waals surface area (Å²) < 4.78 is 19.6. The molecule has 1 aromatic carbocycles. The maximum atomic E-state index is 13.2. The molecule has 2 aromatic heterocycles. The van der Waals surface area contributed by atoms with Crippen LogP contribution in [0.5, 0.6) is 0 Å². The van der Waals surface area contributed by atoms with Crippen LogP contribution in [0.15, 0.2) is 56.0 Å². The zero-order valence-electron chi connectivity index (χ0n) is 35.4. The maximum absolute atomic E-state index is 13.2. The van der Waals surface area contributed by atoms with Crippen LogP contribution in [0.3, 0.4) is 0 Å². The van der Waals surface area contributed by atoms with Crippen molar-refractivity contribution >= 4 is 45.4 Å². The molecule has 4 N–H and O–H groups in total. The van der Waals surface area contributed by atoms with E-state index in [0.717, 1.165) is 37.0 Å². The Bertz CT molecular complexity index is 2420. The normalized spacial score (nSPS) is 31.6. The molecule has 1 saturated heterocycles. The Balaban J connectivity index is 0.000000222. The van der Waals surface area contributed by atoms with Gasteiger partial charge in [-0.25, -0.2) is 9.59 Å². The van der Waals surface area contributed by atoms with Crippen LogP contribution >= 0.6 is 0 Å². The number of carboxylic acids is 2. The van der Waals surface area contributed by atoms with Crippen molar-refractivity contribution in [3.8, 4) is 0 Å². The summed E-state index contributed by atoms with van der Waals surface area (Å²) in [5.74, 6) is -3.12. The molecule has 312 valence electrons. The van der Waals surface area contributed by atoms with E-state index in [9.17, 15) is 49.2 Å². The van der Waals surface area contributed by atoms with Crippen LogP contribution in [0, 0.1) is 28.6 Å². The Labute approximate surface area is 364 Å². The second kappa shape index (κ2) is 16.6. The number of allylic oxidation sites excluding steroid dienone is 4. The summed E-state index contributed by atoms with van der Waals surface area (Å²) in [6.45, 7) is 9.55. The van der Waals surface area contributed by atoms with Gasteiger partial charge in [-0.2, -0.15) is 0 Å². The molecule has 3 heterocycles. The first-order chi connectivity index (χ1) is 27.5. The predicted octanol–water partition coefficient (Wildman–Crippen LogP) is 2.31. The number of aromatic carboxylic acids is 2. The first-order valence-electron chi connectivity index (χ1n) is 20.2. The van der Waals surface area contributed by atoms with Crippen molar-refractivity contribution in [3.05, 3.63) is 79.5 Å². The third kappa shape index (κ3) is 6.92. The van der Waals surface area contributed by atoms with E-state index in [1.165, 1.54) is 10.6 Å². The molecular weight excluding hydrogens is 773 g/mol. The van der Waals surface area contributed by atoms with E-state index in [0.29, 0.717) is 43.2 Å². The molecule has 14 nitrogen and oxygen atoms in total. The van der Waals surface area contributed by atoms with Crippen molar-refractivity contribution in [2.75, 3.05) is 6.61 Å². The van der Waals surface area contributed by atoms with Crippen molar-refractivity contribution in [2.24, 2.45) is 28.6 Å². The van der Waals surface area contributed by atoms with Gasteiger partial charge in [-0.1, -0.05) is 52.2 Å². The molecule has 4 fully saturated rings. The van der Waals surface area contributed by atoms with Crippen molar-refractivity contribution in [3.63, 3.8) is 0 Å². The fourth-order valence-corrected chi connectivity index (χ4v) is 11.5. The summed E-state index contributed by atoms with van der Waals surface area (Å²) in [5, 5.41) is 40.4. The monoisotopic (exact) mass is 825 g/mol. The van der Waals surface area contributed by atoms with E-state index in [1.807, 2.05) is 13.0 Å². The quantitative estimate of drug-likeness (QED) is 0.180. The Hall–Kier alpha value is -3.76. The number of aryl methyl sites for hydroxylation is 2. The summed E-state index contributed by atoms with van der Waals surface area (Å²) in [5.41, 5.74) is -1.45. The molecule has 59 heavy (non-hydrogen) atoms. The number of aliphatic hydroxyl groups excluding tert-OH is 2. The van der Waals surface area contributed by atoms with E-state index >= 15 is 0 Å². The van der Waals surface area contributed by atoms with Gasteiger partial charge in [-0.05, 0) is 75.5 Å². The molecule has 4 aliphatic carbocycles. The number of carbonyl (C=O) groups excluding carboxylic acids is 2. The molecular formula is C44H52NNaO13. The second-order valence-corrected chi connectivity index (χ2v) is 16.8. The molecule has 3 saturated carbocycles. The number of hydrogen-bond acceptors (Lipinski definition) is 11. The van der Waals surface area contributed by atoms with Gasteiger partial charge in [0.15, 0.2) is 34.3 Å². The van der Waals surface area contributed by atoms with Crippen molar-refractivity contribution in [2.45, 2.75) is 117 Å². The van der Waals surface area contributed by atoms with Crippen LogP contribution in [0.4, 0.5) is 0 Å². The van der Waals surface area contributed by atoms with Gasteiger partial charge in [-0.3, -0.25) is 19.2 Å². The zero-order chi connectivity index (χ0) is 42.1. The molecule has 5 aliphatic rings. The van der Waals surface area contributed by atoms with Crippen LogP contribution in [-0.4, -0.2) is 79.2 Å². The van der Waals surface area contributed by atoms with E-state index in [1.54, 1.807) is 19.1 Å². The third-order valence-corrected chi connectivity index (χ3v) is 13.8. The fraction of sp³-hybridized carbons (Fsp3) is 0.545. The van der Waals surface area contributed by atoms with Gasteiger partial charge in [0.05, 0.1) is 23.1 Å². The molecule has 15 heteroatoms. The molecule has 9 atom stereocenters. The van der Waals surface area contributed by atoms with Gasteiger partial charge in [0, 0.05) is 46.4 Å². The van der Waals surface area contributed by atoms with E-state index in [-0.39, 0.29) is 94.3 Å². The van der Waals surface area contributed by atoms with Gasteiger partial charge in [0.2, 0.25) is 5.76 Å². The smallest absolute Gasteiger partial charge is 1.00 e. The summed E-state index contributed by atoms with van der Waals surface area (Å²) >= 11 is 0. The molecule has 0 amide bonds. The van der Waals surface area contributed by atoms with Crippen LogP contribution in [0.1, 0.15) is 108 Å². The van der Waals surface area contributed by atoms with Gasteiger partial charge in [0.1, 0.15) is 17.9 Å². The fourth-order valence-electron chi connectivity index (χ4n) is 11.5. The average molecular weight is 826 g/mol. The standard InChI is InChI=1S/C25H34O6.C19H17NO7.Na.H/c1-4-5-21-30-20-11-17-16-7-6-14-10-15(27)8-9-23(14,2)22(16)18(28)12-24(17,3)25(20,31-21)19(29)13-26;1-3-5-9-16-10(13(21)7-12(18(23)24)20(16)4-2)6-11-14(22)8-15(19(25)26)27-17(9)11;;/h8-10,16-18,20-22,26,28H,4-7,11-13H2,1-3H3;6-8H,3-5H2,1-2H3,(H,23,24)(H,25,26);;/q;;+1;-1/t16-,17-,18-,20+,21+,22+,23-,24-,25+;;;/m0.../s1. The van der Waals surface area contributed by atoms with Crippen molar-refractivity contribution in [1.29, 1.82) is 0 Å². The summed E-state index contributed by atoms with van der Waals surface area (Å²) in [4.78, 5) is 73.1. The SMILES string of the molecule is CCC[C@@H]1O[C@@H]2C[C@H]3[C@@H]4CCC5=CC(=O)C=C[C@]5(C)[C@H]4[C@@H](O)C[C@]3(C)[C@]2(C(=O)CO)O1.CCCc1c2oc(C(=O)O)cc(=O)c2cc2c(=O)cc(C(=O)O)n(CC)c12.[H-].[Na+]. The summed E-state index contributed by atoms with van der Waals surface area (Å²) in [7, 11) is 0. The van der Waals surface area contributed by atoms with Gasteiger partial charge >= 0.3 is 41.5 Å². The van der Waals surface area contributed by atoms with Crippen LogP contribution < -0.4 is 40.4 Å². The minimum Gasteiger partial charge on any atom is -1.00 e. The van der Waals surface area contributed by atoms with Crippen LogP contribution in [0.2, 0.25) is 0 Å². The molecule has 1 aliphatic heterocycles. The van der Waals surface area contributed by atoms with Crippen LogP contribution in [0.25, 0.3) is 21.9 Å². The zero-order valence-corrected chi connectivity index (χ0v) is 36.4. The number of fused-ring (bicyclic) bond motifs is 9. The average Bonchev–Trinajstić information content (AvgIpc) is 3.66. The maximum Gasteiger partial charge on any atom is 1.00 e. The molecule has 0 bridgehead atoms.